The number of hydrogen-bond donors (Lipinski definition) is 0. The van der Waals surface area contributed by atoms with Gasteiger partial charge in [0.1, 0.15) is 0 Å². The molecule has 2 aromatic rings. The topological polar surface area (TPSA) is 0 Å². The fourth-order valence-electron chi connectivity index (χ4n) is 7.10. The minimum atomic E-state index is 0.0758. The third-order valence-electron chi connectivity index (χ3n) is 9.37. The summed E-state index contributed by atoms with van der Waals surface area (Å²) in [6, 6.07) is 17.6. The van der Waals surface area contributed by atoms with Crippen LogP contribution in [0.4, 0.5) is 0 Å². The van der Waals surface area contributed by atoms with E-state index >= 15 is 0 Å². The molecule has 0 amide bonds. The van der Waals surface area contributed by atoms with Gasteiger partial charge in [0.15, 0.2) is 0 Å². The van der Waals surface area contributed by atoms with E-state index in [9.17, 15) is 0 Å². The Balaban J connectivity index is 1.39. The maximum Gasteiger partial charge on any atom is 0.0242 e. The number of rotatable bonds is 9. The summed E-state index contributed by atoms with van der Waals surface area (Å²) in [7, 11) is 0. The van der Waals surface area contributed by atoms with Crippen LogP contribution < -0.4 is 0 Å². The summed E-state index contributed by atoms with van der Waals surface area (Å²) in [5.41, 5.74) is 4.82. The van der Waals surface area contributed by atoms with Gasteiger partial charge in [-0.2, -0.15) is 0 Å². The summed E-state index contributed by atoms with van der Waals surface area (Å²) in [4.78, 5) is 0. The van der Waals surface area contributed by atoms with Crippen molar-refractivity contribution in [3.8, 4) is 24.7 Å². The van der Waals surface area contributed by atoms with Gasteiger partial charge in [-0.1, -0.05) is 94.4 Å². The van der Waals surface area contributed by atoms with Gasteiger partial charge in [-0.3, -0.25) is 0 Å². The molecule has 0 spiro atoms. The van der Waals surface area contributed by atoms with Crippen LogP contribution in [0, 0.1) is 42.4 Å². The van der Waals surface area contributed by atoms with Gasteiger partial charge in [-0.05, 0) is 91.7 Å². The molecule has 184 valence electrons. The Labute approximate surface area is 215 Å². The molecule has 0 bridgehead atoms. The highest BCUT2D eigenvalue weighted by Gasteiger charge is 2.40. The van der Waals surface area contributed by atoms with Gasteiger partial charge >= 0.3 is 0 Å². The summed E-state index contributed by atoms with van der Waals surface area (Å²) in [6.45, 7) is 2.31. The fraction of sp³-hybridized carbons (Fsp3) is 0.543. The van der Waals surface area contributed by atoms with E-state index < -0.39 is 0 Å². The summed E-state index contributed by atoms with van der Waals surface area (Å²) in [5, 5.41) is 0. The zero-order chi connectivity index (χ0) is 24.5. The van der Waals surface area contributed by atoms with E-state index in [1.165, 1.54) is 101 Å². The van der Waals surface area contributed by atoms with Crippen LogP contribution in [0.5, 0.6) is 0 Å². The second-order valence-corrected chi connectivity index (χ2v) is 11.3. The van der Waals surface area contributed by atoms with E-state index in [4.69, 9.17) is 12.8 Å². The zero-order valence-corrected chi connectivity index (χ0v) is 21.9. The molecule has 2 aliphatic carbocycles. The average molecular weight is 465 g/mol. The van der Waals surface area contributed by atoms with E-state index in [1.807, 2.05) is 0 Å². The quantitative estimate of drug-likeness (QED) is 0.256. The molecule has 0 atom stereocenters. The smallest absolute Gasteiger partial charge is 0.0242 e. The minimum absolute atomic E-state index is 0.0758. The monoisotopic (exact) mass is 464 g/mol. The van der Waals surface area contributed by atoms with Crippen molar-refractivity contribution in [1.29, 1.82) is 0 Å². The molecule has 2 fully saturated rings. The Morgan fingerprint density at radius 3 is 1.63 bits per heavy atom. The SMILES string of the molecule is C#Cc1ccc(C2(c3ccc(C#C)cc3)CCC(C3CCC(CCCCCCC)CC3)CC2)cc1. The average Bonchev–Trinajstić information content (AvgIpc) is 2.93. The Morgan fingerprint density at radius 2 is 1.14 bits per heavy atom. The van der Waals surface area contributed by atoms with Gasteiger partial charge in [0.25, 0.3) is 0 Å². The third-order valence-corrected chi connectivity index (χ3v) is 9.37. The molecule has 0 radical (unpaired) electrons. The zero-order valence-electron chi connectivity index (χ0n) is 21.9. The molecule has 2 aliphatic rings. The second kappa shape index (κ2) is 12.5. The molecular weight excluding hydrogens is 420 g/mol. The highest BCUT2D eigenvalue weighted by molar-refractivity contribution is 5.45. The van der Waals surface area contributed by atoms with Gasteiger partial charge in [-0.15, -0.1) is 12.8 Å². The molecule has 0 N–H and O–H groups in total. The molecule has 0 unspecified atom stereocenters. The van der Waals surface area contributed by atoms with Crippen LogP contribution in [0.25, 0.3) is 0 Å². The predicted octanol–water partition coefficient (Wildman–Crippen LogP) is 9.29. The predicted molar refractivity (Wildman–Crippen MR) is 150 cm³/mol. The first kappa shape index (κ1) is 25.6. The summed E-state index contributed by atoms with van der Waals surface area (Å²) < 4.78 is 0. The van der Waals surface area contributed by atoms with Crippen molar-refractivity contribution in [1.82, 2.24) is 0 Å². The number of terminal acetylenes is 2. The first-order chi connectivity index (χ1) is 17.2. The Kier molecular flexibility index (Phi) is 9.16. The lowest BCUT2D eigenvalue weighted by molar-refractivity contribution is 0.140. The highest BCUT2D eigenvalue weighted by atomic mass is 14.4. The normalized spacial score (nSPS) is 22.3. The molecule has 0 aliphatic heterocycles. The second-order valence-electron chi connectivity index (χ2n) is 11.3. The van der Waals surface area contributed by atoms with Gasteiger partial charge < -0.3 is 0 Å². The maximum atomic E-state index is 5.64. The summed E-state index contributed by atoms with van der Waals surface area (Å²) in [6.07, 6.45) is 30.8. The molecule has 0 heteroatoms. The van der Waals surface area contributed by atoms with Crippen LogP contribution in [0.3, 0.4) is 0 Å². The Bertz CT molecular complexity index is 918. The van der Waals surface area contributed by atoms with Crippen LogP contribution >= 0.6 is 0 Å². The van der Waals surface area contributed by atoms with E-state index in [-0.39, 0.29) is 5.41 Å². The maximum absolute atomic E-state index is 5.64. The van der Waals surface area contributed by atoms with Crippen molar-refractivity contribution in [2.45, 2.75) is 102 Å². The molecular formula is C35H44. The number of unbranched alkanes of at least 4 members (excludes halogenated alkanes) is 4. The van der Waals surface area contributed by atoms with Crippen molar-refractivity contribution in [2.24, 2.45) is 17.8 Å². The molecule has 0 heterocycles. The lowest BCUT2D eigenvalue weighted by atomic mass is 9.60. The van der Waals surface area contributed by atoms with Crippen LogP contribution in [0.15, 0.2) is 48.5 Å². The fourth-order valence-corrected chi connectivity index (χ4v) is 7.10. The summed E-state index contributed by atoms with van der Waals surface area (Å²) >= 11 is 0. The standard InChI is InChI=1S/C35H44/c1-4-7-8-9-10-11-30-12-18-31(19-13-30)32-24-26-35(27-25-32,33-20-14-28(5-2)15-21-33)34-22-16-29(6-3)17-23-34/h2-3,14-17,20-23,30-32H,4,7-13,18-19,24-27H2,1H3. The largest absolute Gasteiger partial charge is 0.115 e. The van der Waals surface area contributed by atoms with E-state index in [0.29, 0.717) is 0 Å². The van der Waals surface area contributed by atoms with Crippen LogP contribution in [0.1, 0.15) is 119 Å². The van der Waals surface area contributed by atoms with Gasteiger partial charge in [0.05, 0.1) is 0 Å². The molecule has 2 aromatic carbocycles. The van der Waals surface area contributed by atoms with Crippen molar-refractivity contribution in [2.75, 3.05) is 0 Å². The van der Waals surface area contributed by atoms with Crippen molar-refractivity contribution < 1.29 is 0 Å². The Morgan fingerprint density at radius 1 is 0.657 bits per heavy atom. The lowest BCUT2D eigenvalue weighted by Gasteiger charge is -2.44. The van der Waals surface area contributed by atoms with Crippen molar-refractivity contribution >= 4 is 0 Å². The molecule has 2 saturated carbocycles. The number of benzene rings is 2. The van der Waals surface area contributed by atoms with Crippen LogP contribution in [-0.4, -0.2) is 0 Å². The van der Waals surface area contributed by atoms with Crippen LogP contribution in [-0.2, 0) is 5.41 Å². The highest BCUT2D eigenvalue weighted by Crippen LogP contribution is 2.50. The third kappa shape index (κ3) is 6.22. The van der Waals surface area contributed by atoms with Gasteiger partial charge in [-0.25, -0.2) is 0 Å². The molecule has 0 aromatic heterocycles. The first-order valence-electron chi connectivity index (χ1n) is 14.3. The first-order valence-corrected chi connectivity index (χ1v) is 14.3. The van der Waals surface area contributed by atoms with E-state index in [0.717, 1.165) is 28.9 Å². The van der Waals surface area contributed by atoms with E-state index in [1.54, 1.807) is 0 Å². The van der Waals surface area contributed by atoms with E-state index in [2.05, 4.69) is 67.3 Å². The minimum Gasteiger partial charge on any atom is -0.115 e. The molecule has 4 rings (SSSR count). The lowest BCUT2D eigenvalue weighted by Crippen LogP contribution is -2.36. The van der Waals surface area contributed by atoms with Gasteiger partial charge in [0.2, 0.25) is 0 Å². The molecule has 0 nitrogen and oxygen atoms in total. The van der Waals surface area contributed by atoms with Crippen molar-refractivity contribution in [3.05, 3.63) is 70.8 Å². The Hall–Kier alpha value is -2.44. The molecule has 0 saturated heterocycles. The number of hydrogen-bond acceptors (Lipinski definition) is 0. The van der Waals surface area contributed by atoms with Gasteiger partial charge in [0, 0.05) is 16.5 Å². The molecule has 35 heavy (non-hydrogen) atoms. The van der Waals surface area contributed by atoms with Crippen molar-refractivity contribution in [3.63, 3.8) is 0 Å². The van der Waals surface area contributed by atoms with Crippen LogP contribution in [0.2, 0.25) is 0 Å². The summed E-state index contributed by atoms with van der Waals surface area (Å²) in [5.74, 6) is 8.39.